The Morgan fingerprint density at radius 2 is 1.74 bits per heavy atom. The lowest BCUT2D eigenvalue weighted by atomic mass is 9.87. The van der Waals surface area contributed by atoms with E-state index in [9.17, 15) is 4.79 Å². The molecule has 1 heterocycles. The molecule has 19 heavy (non-hydrogen) atoms. The van der Waals surface area contributed by atoms with Crippen LogP contribution in [0.15, 0.2) is 24.3 Å². The summed E-state index contributed by atoms with van der Waals surface area (Å²) in [5.41, 5.74) is 3.36. The fourth-order valence-electron chi connectivity index (χ4n) is 1.96. The number of nitrogens with zero attached hydrogens (tertiary/aromatic N) is 1. The molecule has 0 bridgehead atoms. The summed E-state index contributed by atoms with van der Waals surface area (Å²) in [5.74, 6) is 0.0903. The van der Waals surface area contributed by atoms with Crippen molar-refractivity contribution in [3.05, 3.63) is 40.4 Å². The van der Waals surface area contributed by atoms with Crippen LogP contribution in [0.2, 0.25) is 0 Å². The highest BCUT2D eigenvalue weighted by Crippen LogP contribution is 2.30. The number of carbonyl (C=O) groups is 1. The molecule has 0 fully saturated rings. The van der Waals surface area contributed by atoms with E-state index in [1.165, 1.54) is 16.9 Å². The summed E-state index contributed by atoms with van der Waals surface area (Å²) in [6.45, 7) is 10.1. The molecule has 0 spiro atoms. The Balaban J connectivity index is 2.38. The Labute approximate surface area is 118 Å². The Morgan fingerprint density at radius 3 is 2.16 bits per heavy atom. The van der Waals surface area contributed by atoms with E-state index < -0.39 is 0 Å². The molecule has 1 aromatic heterocycles. The van der Waals surface area contributed by atoms with Gasteiger partial charge in [-0.25, -0.2) is 4.98 Å². The highest BCUT2D eigenvalue weighted by Gasteiger charge is 2.15. The van der Waals surface area contributed by atoms with E-state index in [1.807, 2.05) is 6.92 Å². The van der Waals surface area contributed by atoms with Crippen molar-refractivity contribution in [2.75, 3.05) is 0 Å². The molecule has 0 radical (unpaired) electrons. The summed E-state index contributed by atoms with van der Waals surface area (Å²) in [5, 5.41) is 0.920. The van der Waals surface area contributed by atoms with Crippen LogP contribution in [0.1, 0.15) is 48.6 Å². The SMILES string of the molecule is CC(=O)c1sc(-c2ccc(C(C)(C)C)cc2)nc1C. The number of benzene rings is 1. The van der Waals surface area contributed by atoms with E-state index in [-0.39, 0.29) is 11.2 Å². The molecule has 2 aromatic rings. The summed E-state index contributed by atoms with van der Waals surface area (Å²) in [7, 11) is 0. The number of rotatable bonds is 2. The first-order valence-electron chi connectivity index (χ1n) is 6.38. The Morgan fingerprint density at radius 1 is 1.16 bits per heavy atom. The zero-order valence-corrected chi connectivity index (χ0v) is 12.9. The molecule has 0 saturated heterocycles. The number of hydrogen-bond acceptors (Lipinski definition) is 3. The lowest BCUT2D eigenvalue weighted by Crippen LogP contribution is -2.10. The van der Waals surface area contributed by atoms with Crippen molar-refractivity contribution in [1.29, 1.82) is 0 Å². The van der Waals surface area contributed by atoms with Crippen LogP contribution in [0.4, 0.5) is 0 Å². The highest BCUT2D eigenvalue weighted by atomic mass is 32.1. The Hall–Kier alpha value is -1.48. The topological polar surface area (TPSA) is 30.0 Å². The maximum absolute atomic E-state index is 11.5. The second-order valence-electron chi connectivity index (χ2n) is 5.82. The van der Waals surface area contributed by atoms with Gasteiger partial charge in [0.2, 0.25) is 0 Å². The van der Waals surface area contributed by atoms with Crippen LogP contribution in [-0.2, 0) is 5.41 Å². The maximum Gasteiger partial charge on any atom is 0.171 e. The molecule has 100 valence electrons. The number of hydrogen-bond donors (Lipinski definition) is 0. The molecule has 0 aliphatic heterocycles. The molecule has 0 N–H and O–H groups in total. The average molecular weight is 273 g/mol. The van der Waals surface area contributed by atoms with Gasteiger partial charge in [0.15, 0.2) is 5.78 Å². The smallest absolute Gasteiger partial charge is 0.171 e. The molecule has 0 atom stereocenters. The molecule has 0 saturated carbocycles. The molecule has 3 heteroatoms. The van der Waals surface area contributed by atoms with Crippen LogP contribution in [-0.4, -0.2) is 10.8 Å². The first-order valence-corrected chi connectivity index (χ1v) is 7.20. The monoisotopic (exact) mass is 273 g/mol. The van der Waals surface area contributed by atoms with E-state index in [4.69, 9.17) is 0 Å². The highest BCUT2D eigenvalue weighted by molar-refractivity contribution is 7.17. The molecule has 1 aromatic carbocycles. The number of carbonyl (C=O) groups excluding carboxylic acids is 1. The minimum absolute atomic E-state index is 0.0903. The van der Waals surface area contributed by atoms with Gasteiger partial charge < -0.3 is 0 Å². The molecule has 0 unspecified atom stereocenters. The third-order valence-electron chi connectivity index (χ3n) is 3.11. The number of aryl methyl sites for hydroxylation is 1. The number of ketones is 1. The molecule has 0 amide bonds. The van der Waals surface area contributed by atoms with Crippen LogP contribution in [0, 0.1) is 6.92 Å². The van der Waals surface area contributed by atoms with Gasteiger partial charge in [0.05, 0.1) is 10.6 Å². The van der Waals surface area contributed by atoms with Gasteiger partial charge in [0.1, 0.15) is 5.01 Å². The van der Waals surface area contributed by atoms with Gasteiger partial charge >= 0.3 is 0 Å². The van der Waals surface area contributed by atoms with E-state index >= 15 is 0 Å². The third kappa shape index (κ3) is 2.92. The Bertz CT molecular complexity index is 603. The summed E-state index contributed by atoms with van der Waals surface area (Å²) >= 11 is 1.47. The normalized spacial score (nSPS) is 11.6. The van der Waals surface area contributed by atoms with Gasteiger partial charge in [-0.2, -0.15) is 0 Å². The summed E-state index contributed by atoms with van der Waals surface area (Å²) in [4.78, 5) is 16.7. The predicted octanol–water partition coefficient (Wildman–Crippen LogP) is 4.62. The molecule has 2 nitrogen and oxygen atoms in total. The average Bonchev–Trinajstić information content (AvgIpc) is 2.70. The van der Waals surface area contributed by atoms with Gasteiger partial charge in [-0.3, -0.25) is 4.79 Å². The lowest BCUT2D eigenvalue weighted by Gasteiger charge is -2.18. The summed E-state index contributed by atoms with van der Waals surface area (Å²) in [6.07, 6.45) is 0. The van der Waals surface area contributed by atoms with Gasteiger partial charge in [0, 0.05) is 12.5 Å². The quantitative estimate of drug-likeness (QED) is 0.747. The zero-order valence-electron chi connectivity index (χ0n) is 12.1. The van der Waals surface area contributed by atoms with Gasteiger partial charge in [-0.05, 0) is 17.9 Å². The van der Waals surface area contributed by atoms with Crippen molar-refractivity contribution in [3.63, 3.8) is 0 Å². The van der Waals surface area contributed by atoms with Crippen LogP contribution in [0.25, 0.3) is 10.6 Å². The van der Waals surface area contributed by atoms with Crippen LogP contribution >= 0.6 is 11.3 Å². The number of Topliss-reactive ketones (excluding diaryl/α,β-unsaturated/α-hetero) is 1. The first-order chi connectivity index (χ1) is 8.79. The summed E-state index contributed by atoms with van der Waals surface area (Å²) in [6, 6.07) is 8.45. The van der Waals surface area contributed by atoms with Crippen molar-refractivity contribution in [1.82, 2.24) is 4.98 Å². The first kappa shape index (κ1) is 13.9. The predicted molar refractivity (Wildman–Crippen MR) is 81.0 cm³/mol. The van der Waals surface area contributed by atoms with Gasteiger partial charge in [-0.1, -0.05) is 45.0 Å². The molecular formula is C16H19NOS. The van der Waals surface area contributed by atoms with Crippen molar-refractivity contribution >= 4 is 17.1 Å². The van der Waals surface area contributed by atoms with Gasteiger partial charge in [0.25, 0.3) is 0 Å². The Kier molecular flexibility index (Phi) is 3.59. The van der Waals surface area contributed by atoms with Gasteiger partial charge in [-0.15, -0.1) is 11.3 Å². The van der Waals surface area contributed by atoms with E-state index in [2.05, 4.69) is 50.0 Å². The minimum atomic E-state index is 0.0903. The van der Waals surface area contributed by atoms with E-state index in [1.54, 1.807) is 6.92 Å². The fourth-order valence-corrected chi connectivity index (χ4v) is 2.93. The van der Waals surface area contributed by atoms with E-state index in [0.29, 0.717) is 0 Å². The maximum atomic E-state index is 11.5. The van der Waals surface area contributed by atoms with Crippen LogP contribution < -0.4 is 0 Å². The van der Waals surface area contributed by atoms with Crippen molar-refractivity contribution in [2.24, 2.45) is 0 Å². The number of thiazole rings is 1. The van der Waals surface area contributed by atoms with E-state index in [0.717, 1.165) is 21.1 Å². The van der Waals surface area contributed by atoms with Crippen LogP contribution in [0.3, 0.4) is 0 Å². The van der Waals surface area contributed by atoms with Crippen molar-refractivity contribution in [2.45, 2.75) is 40.0 Å². The van der Waals surface area contributed by atoms with Crippen molar-refractivity contribution in [3.8, 4) is 10.6 Å². The number of aromatic nitrogens is 1. The van der Waals surface area contributed by atoms with Crippen molar-refractivity contribution < 1.29 is 4.79 Å². The molecule has 0 aliphatic carbocycles. The minimum Gasteiger partial charge on any atom is -0.294 e. The van der Waals surface area contributed by atoms with Crippen LogP contribution in [0.5, 0.6) is 0 Å². The molecule has 2 rings (SSSR count). The molecule has 0 aliphatic rings. The standard InChI is InChI=1S/C16H19NOS/c1-10-14(11(2)18)19-15(17-10)12-6-8-13(9-7-12)16(3,4)5/h6-9H,1-5H3. The largest absolute Gasteiger partial charge is 0.294 e. The zero-order chi connectivity index (χ0) is 14.2. The third-order valence-corrected chi connectivity index (χ3v) is 4.42. The second-order valence-corrected chi connectivity index (χ2v) is 6.82. The lowest BCUT2D eigenvalue weighted by molar-refractivity contribution is 0.102. The fraction of sp³-hybridized carbons (Fsp3) is 0.375. The second kappa shape index (κ2) is 4.89. The summed E-state index contributed by atoms with van der Waals surface area (Å²) < 4.78 is 0. The molecular weight excluding hydrogens is 254 g/mol.